The Hall–Kier alpha value is -1.55. The predicted molar refractivity (Wildman–Crippen MR) is 78.9 cm³/mol. The zero-order chi connectivity index (χ0) is 14.0. The van der Waals surface area contributed by atoms with E-state index in [1.807, 2.05) is 12.1 Å². The van der Waals surface area contributed by atoms with Crippen molar-refractivity contribution in [3.8, 4) is 0 Å². The molecule has 1 fully saturated rings. The number of anilines is 1. The molecule has 1 aromatic carbocycles. The summed E-state index contributed by atoms with van der Waals surface area (Å²) in [6.45, 7) is 7.33. The fraction of sp³-hybridized carbons (Fsp3) is 0.533. The molecule has 2 rings (SSSR count). The minimum absolute atomic E-state index is 0.0586. The first-order valence-corrected chi connectivity index (χ1v) is 6.79. The Labute approximate surface area is 115 Å². The summed E-state index contributed by atoms with van der Waals surface area (Å²) < 4.78 is 0. The lowest BCUT2D eigenvalue weighted by Crippen LogP contribution is -2.49. The van der Waals surface area contributed by atoms with Gasteiger partial charge in [-0.15, -0.1) is 0 Å². The summed E-state index contributed by atoms with van der Waals surface area (Å²) in [7, 11) is 3.56. The summed E-state index contributed by atoms with van der Waals surface area (Å²) >= 11 is 0. The first kappa shape index (κ1) is 13.9. The van der Waals surface area contributed by atoms with E-state index in [1.165, 1.54) is 11.3 Å². The third-order valence-corrected chi connectivity index (χ3v) is 3.56. The summed E-state index contributed by atoms with van der Waals surface area (Å²) in [5, 5.41) is 3.44. The summed E-state index contributed by atoms with van der Waals surface area (Å²) in [5.74, 6) is 0.0586. The van der Waals surface area contributed by atoms with Gasteiger partial charge < -0.3 is 15.1 Å². The molecule has 0 aliphatic carbocycles. The number of hydrogen-bond acceptors (Lipinski definition) is 3. The maximum atomic E-state index is 11.9. The molecule has 0 saturated carbocycles. The van der Waals surface area contributed by atoms with Crippen molar-refractivity contribution in [3.63, 3.8) is 0 Å². The number of benzene rings is 1. The van der Waals surface area contributed by atoms with Crippen molar-refractivity contribution in [1.82, 2.24) is 10.2 Å². The molecule has 0 spiro atoms. The monoisotopic (exact) mass is 261 g/mol. The van der Waals surface area contributed by atoms with Crippen LogP contribution >= 0.6 is 0 Å². The Kier molecular flexibility index (Phi) is 4.10. The predicted octanol–water partition coefficient (Wildman–Crippen LogP) is 1.49. The van der Waals surface area contributed by atoms with Crippen molar-refractivity contribution in [2.24, 2.45) is 0 Å². The summed E-state index contributed by atoms with van der Waals surface area (Å²) in [6, 6.07) is 6.50. The Morgan fingerprint density at radius 3 is 2.74 bits per heavy atom. The molecule has 1 aromatic rings. The minimum atomic E-state index is 0.0586. The number of nitrogens with one attached hydrogen (secondary N) is 1. The molecule has 1 saturated heterocycles. The second-order valence-corrected chi connectivity index (χ2v) is 5.50. The van der Waals surface area contributed by atoms with E-state index in [4.69, 9.17) is 0 Å². The number of piperazine rings is 1. The lowest BCUT2D eigenvalue weighted by molar-refractivity contribution is 0.0827. The molecule has 1 atom stereocenters. The molecule has 1 aliphatic rings. The van der Waals surface area contributed by atoms with Crippen LogP contribution in [0.2, 0.25) is 0 Å². The summed E-state index contributed by atoms with van der Waals surface area (Å²) in [5.41, 5.74) is 3.17. The van der Waals surface area contributed by atoms with Crippen molar-refractivity contribution >= 4 is 11.6 Å². The second kappa shape index (κ2) is 5.61. The van der Waals surface area contributed by atoms with Crippen LogP contribution in [0.5, 0.6) is 0 Å². The molecule has 1 amide bonds. The second-order valence-electron chi connectivity index (χ2n) is 5.50. The van der Waals surface area contributed by atoms with Gasteiger partial charge in [0.25, 0.3) is 5.91 Å². The zero-order valence-corrected chi connectivity index (χ0v) is 12.2. The van der Waals surface area contributed by atoms with Crippen LogP contribution in [0.15, 0.2) is 18.2 Å². The normalized spacial score (nSPS) is 19.4. The van der Waals surface area contributed by atoms with Crippen LogP contribution in [0.4, 0.5) is 5.69 Å². The van der Waals surface area contributed by atoms with Gasteiger partial charge in [0.1, 0.15) is 0 Å². The fourth-order valence-electron chi connectivity index (χ4n) is 2.55. The molecule has 1 N–H and O–H groups in total. The average molecular weight is 261 g/mol. The number of hydrogen-bond donors (Lipinski definition) is 1. The molecule has 0 aromatic heterocycles. The summed E-state index contributed by atoms with van der Waals surface area (Å²) in [6.07, 6.45) is 0. The fourth-order valence-corrected chi connectivity index (χ4v) is 2.55. The lowest BCUT2D eigenvalue weighted by Gasteiger charge is -2.34. The maximum Gasteiger partial charge on any atom is 0.253 e. The standard InChI is InChI=1S/C15H23N3O/c1-11-9-13(15(19)17(3)4)5-6-14(11)18-8-7-16-12(2)10-18/h5-6,9,12,16H,7-8,10H2,1-4H3/t12-/m1/s1. The molecule has 0 bridgehead atoms. The number of rotatable bonds is 2. The topological polar surface area (TPSA) is 35.6 Å². The van der Waals surface area contributed by atoms with Crippen molar-refractivity contribution in [3.05, 3.63) is 29.3 Å². The molecule has 104 valence electrons. The molecule has 0 unspecified atom stereocenters. The smallest absolute Gasteiger partial charge is 0.253 e. The third-order valence-electron chi connectivity index (χ3n) is 3.56. The first-order valence-electron chi connectivity index (χ1n) is 6.79. The average Bonchev–Trinajstić information content (AvgIpc) is 2.37. The van der Waals surface area contributed by atoms with Crippen LogP contribution < -0.4 is 10.2 Å². The largest absolute Gasteiger partial charge is 0.368 e. The highest BCUT2D eigenvalue weighted by molar-refractivity contribution is 5.94. The highest BCUT2D eigenvalue weighted by Gasteiger charge is 2.18. The Morgan fingerprint density at radius 2 is 2.16 bits per heavy atom. The molecule has 1 heterocycles. The Bertz CT molecular complexity index is 470. The van der Waals surface area contributed by atoms with E-state index in [-0.39, 0.29) is 5.91 Å². The van der Waals surface area contributed by atoms with Gasteiger partial charge in [-0.05, 0) is 37.6 Å². The quantitative estimate of drug-likeness (QED) is 0.876. The Balaban J connectivity index is 2.21. The lowest BCUT2D eigenvalue weighted by atomic mass is 10.1. The van der Waals surface area contributed by atoms with Gasteiger partial charge in [0, 0.05) is 51.0 Å². The van der Waals surface area contributed by atoms with Gasteiger partial charge in [-0.2, -0.15) is 0 Å². The molecule has 19 heavy (non-hydrogen) atoms. The zero-order valence-electron chi connectivity index (χ0n) is 12.2. The number of carbonyl (C=O) groups is 1. The van der Waals surface area contributed by atoms with Gasteiger partial charge in [-0.3, -0.25) is 4.79 Å². The van der Waals surface area contributed by atoms with Crippen molar-refractivity contribution < 1.29 is 4.79 Å². The number of carbonyl (C=O) groups excluding carboxylic acids is 1. The Morgan fingerprint density at radius 1 is 1.42 bits per heavy atom. The highest BCUT2D eigenvalue weighted by atomic mass is 16.2. The molecular formula is C15H23N3O. The van der Waals surface area contributed by atoms with Crippen LogP contribution in [0.1, 0.15) is 22.8 Å². The van der Waals surface area contributed by atoms with Crippen LogP contribution in [-0.2, 0) is 0 Å². The SMILES string of the molecule is Cc1cc(C(=O)N(C)C)ccc1N1CCN[C@H](C)C1. The maximum absolute atomic E-state index is 11.9. The molecular weight excluding hydrogens is 238 g/mol. The number of aryl methyl sites for hydroxylation is 1. The van der Waals surface area contributed by atoms with Crippen molar-refractivity contribution in [2.75, 3.05) is 38.6 Å². The minimum Gasteiger partial charge on any atom is -0.368 e. The van der Waals surface area contributed by atoms with Gasteiger partial charge >= 0.3 is 0 Å². The van der Waals surface area contributed by atoms with E-state index in [9.17, 15) is 4.79 Å². The van der Waals surface area contributed by atoms with Crippen LogP contribution in [0, 0.1) is 6.92 Å². The molecule has 4 nitrogen and oxygen atoms in total. The van der Waals surface area contributed by atoms with Gasteiger partial charge in [0.2, 0.25) is 0 Å². The first-order chi connectivity index (χ1) is 8.99. The van der Waals surface area contributed by atoms with Gasteiger partial charge in [0.05, 0.1) is 0 Å². The molecule has 1 aliphatic heterocycles. The third kappa shape index (κ3) is 3.07. The van der Waals surface area contributed by atoms with E-state index >= 15 is 0 Å². The van der Waals surface area contributed by atoms with Crippen LogP contribution in [0.3, 0.4) is 0 Å². The van der Waals surface area contributed by atoms with E-state index < -0.39 is 0 Å². The van der Waals surface area contributed by atoms with E-state index in [0.717, 1.165) is 25.2 Å². The molecule has 4 heteroatoms. The molecule has 0 radical (unpaired) electrons. The van der Waals surface area contributed by atoms with E-state index in [2.05, 4.69) is 30.1 Å². The van der Waals surface area contributed by atoms with E-state index in [1.54, 1.807) is 19.0 Å². The van der Waals surface area contributed by atoms with E-state index in [0.29, 0.717) is 6.04 Å². The van der Waals surface area contributed by atoms with Crippen molar-refractivity contribution in [1.29, 1.82) is 0 Å². The number of amides is 1. The van der Waals surface area contributed by atoms with Crippen molar-refractivity contribution in [2.45, 2.75) is 19.9 Å². The van der Waals surface area contributed by atoms with Crippen LogP contribution in [0.25, 0.3) is 0 Å². The van der Waals surface area contributed by atoms with Gasteiger partial charge in [0.15, 0.2) is 0 Å². The highest BCUT2D eigenvalue weighted by Crippen LogP contribution is 2.23. The van der Waals surface area contributed by atoms with Gasteiger partial charge in [-0.1, -0.05) is 0 Å². The van der Waals surface area contributed by atoms with Gasteiger partial charge in [-0.25, -0.2) is 0 Å². The number of nitrogens with zero attached hydrogens (tertiary/aromatic N) is 2. The van der Waals surface area contributed by atoms with Crippen LogP contribution in [-0.4, -0.2) is 50.6 Å². The summed E-state index contributed by atoms with van der Waals surface area (Å²) in [4.78, 5) is 15.9.